The maximum absolute atomic E-state index is 12.0. The lowest BCUT2D eigenvalue weighted by atomic mass is 10.1. The van der Waals surface area contributed by atoms with Gasteiger partial charge in [0, 0.05) is 11.4 Å². The van der Waals surface area contributed by atoms with Crippen LogP contribution in [-0.2, 0) is 6.61 Å². The number of hydrogen-bond acceptors (Lipinski definition) is 3. The Hall–Kier alpha value is -2.02. The summed E-state index contributed by atoms with van der Waals surface area (Å²) in [5.41, 5.74) is 1.84. The van der Waals surface area contributed by atoms with Gasteiger partial charge in [0.15, 0.2) is 5.78 Å². The van der Waals surface area contributed by atoms with E-state index in [-0.39, 0.29) is 12.4 Å². The van der Waals surface area contributed by atoms with Gasteiger partial charge in [0.1, 0.15) is 12.4 Å². The number of hydrogen-bond donors (Lipinski definition) is 0. The summed E-state index contributed by atoms with van der Waals surface area (Å²) in [4.78, 5) is 12.0. The Kier molecular flexibility index (Phi) is 5.43. The molecular formula is C17H13Cl2NO2. The molecule has 0 spiro atoms. The molecule has 0 unspecified atom stereocenters. The van der Waals surface area contributed by atoms with Crippen molar-refractivity contribution in [3.05, 3.63) is 63.1 Å². The monoisotopic (exact) mass is 333 g/mol. The van der Waals surface area contributed by atoms with Crippen LogP contribution in [-0.4, -0.2) is 5.78 Å². The smallest absolute Gasteiger partial charge is 0.166 e. The first-order chi connectivity index (χ1) is 10.5. The number of carbonyl (C=O) groups is 1. The zero-order chi connectivity index (χ0) is 16.1. The highest BCUT2D eigenvalue weighted by Crippen LogP contribution is 2.33. The second kappa shape index (κ2) is 7.31. The fourth-order valence-corrected chi connectivity index (χ4v) is 2.48. The molecule has 2 aromatic carbocycles. The first-order valence-corrected chi connectivity index (χ1v) is 7.44. The molecule has 5 heteroatoms. The van der Waals surface area contributed by atoms with Crippen LogP contribution >= 0.6 is 23.2 Å². The molecule has 0 bridgehead atoms. The van der Waals surface area contributed by atoms with Crippen molar-refractivity contribution in [3.8, 4) is 11.8 Å². The molecule has 3 nitrogen and oxygen atoms in total. The number of Topliss-reactive ketones (excluding diaryl/α,β-unsaturated/α-hetero) is 1. The molecule has 0 heterocycles. The van der Waals surface area contributed by atoms with Crippen molar-refractivity contribution in [2.75, 3.05) is 0 Å². The Morgan fingerprint density at radius 2 is 1.91 bits per heavy atom. The Labute approximate surface area is 139 Å². The van der Waals surface area contributed by atoms with E-state index in [9.17, 15) is 4.79 Å². The normalized spacial score (nSPS) is 10.1. The molecule has 0 atom stereocenters. The van der Waals surface area contributed by atoms with Gasteiger partial charge in [0.25, 0.3) is 0 Å². The number of ether oxygens (including phenoxy) is 1. The molecule has 2 rings (SSSR count). The molecule has 2 aromatic rings. The zero-order valence-electron chi connectivity index (χ0n) is 11.9. The van der Waals surface area contributed by atoms with Gasteiger partial charge in [0.05, 0.1) is 22.2 Å². The van der Waals surface area contributed by atoms with E-state index in [1.54, 1.807) is 43.3 Å². The molecule has 0 amide bonds. The van der Waals surface area contributed by atoms with E-state index >= 15 is 0 Å². The molecule has 0 aromatic heterocycles. The van der Waals surface area contributed by atoms with Gasteiger partial charge in [-0.3, -0.25) is 4.79 Å². The molecule has 0 N–H and O–H groups in total. The maximum Gasteiger partial charge on any atom is 0.166 e. The zero-order valence-corrected chi connectivity index (χ0v) is 13.4. The minimum absolute atomic E-state index is 0.0840. The SMILES string of the molecule is CCC(=O)c1cc(Cl)cc(Cl)c1OCc1ccc(C#N)cc1. The van der Waals surface area contributed by atoms with Crippen LogP contribution in [0.5, 0.6) is 5.75 Å². The fourth-order valence-electron chi connectivity index (χ4n) is 1.94. The highest BCUT2D eigenvalue weighted by atomic mass is 35.5. The largest absolute Gasteiger partial charge is 0.487 e. The van der Waals surface area contributed by atoms with Crippen molar-refractivity contribution < 1.29 is 9.53 Å². The molecular weight excluding hydrogens is 321 g/mol. The highest BCUT2D eigenvalue weighted by molar-refractivity contribution is 6.36. The Bertz CT molecular complexity index is 734. The number of halogens is 2. The third-order valence-electron chi connectivity index (χ3n) is 3.10. The predicted octanol–water partition coefficient (Wildman–Crippen LogP) is 5.04. The predicted molar refractivity (Wildman–Crippen MR) is 86.6 cm³/mol. The highest BCUT2D eigenvalue weighted by Gasteiger charge is 2.16. The number of ketones is 1. The van der Waals surface area contributed by atoms with Gasteiger partial charge in [-0.25, -0.2) is 0 Å². The second-order valence-electron chi connectivity index (χ2n) is 4.64. The number of rotatable bonds is 5. The average molecular weight is 334 g/mol. The number of nitrogens with zero attached hydrogens (tertiary/aromatic N) is 1. The summed E-state index contributed by atoms with van der Waals surface area (Å²) in [6.07, 6.45) is 0.337. The Morgan fingerprint density at radius 3 is 2.50 bits per heavy atom. The lowest BCUT2D eigenvalue weighted by Gasteiger charge is -2.13. The standard InChI is InChI=1S/C17H13Cl2NO2/c1-2-16(21)14-7-13(18)8-15(19)17(14)22-10-12-5-3-11(9-20)4-6-12/h3-8H,2,10H2,1H3. The third kappa shape index (κ3) is 3.79. The van der Waals surface area contributed by atoms with Crippen molar-refractivity contribution in [3.63, 3.8) is 0 Å². The topological polar surface area (TPSA) is 50.1 Å². The number of carbonyl (C=O) groups excluding carboxylic acids is 1. The summed E-state index contributed by atoms with van der Waals surface area (Å²) in [6, 6.07) is 12.2. The molecule has 0 saturated heterocycles. The van der Waals surface area contributed by atoms with Crippen molar-refractivity contribution in [1.82, 2.24) is 0 Å². The van der Waals surface area contributed by atoms with Crippen LogP contribution in [0.3, 0.4) is 0 Å². The summed E-state index contributed by atoms with van der Waals surface area (Å²) in [6.45, 7) is 2.01. The van der Waals surface area contributed by atoms with Crippen LogP contribution in [0.1, 0.15) is 34.8 Å². The molecule has 0 saturated carbocycles. The minimum atomic E-state index is -0.0840. The van der Waals surface area contributed by atoms with Crippen molar-refractivity contribution in [2.45, 2.75) is 20.0 Å². The lowest BCUT2D eigenvalue weighted by Crippen LogP contribution is -2.04. The molecule has 0 aliphatic heterocycles. The van der Waals surface area contributed by atoms with Gasteiger partial charge >= 0.3 is 0 Å². The first kappa shape index (κ1) is 16.4. The summed E-state index contributed by atoms with van der Waals surface area (Å²) in [5, 5.41) is 9.47. The summed E-state index contributed by atoms with van der Waals surface area (Å²) < 4.78 is 5.71. The molecule has 0 fully saturated rings. The van der Waals surface area contributed by atoms with E-state index in [4.69, 9.17) is 33.2 Å². The molecule has 22 heavy (non-hydrogen) atoms. The summed E-state index contributed by atoms with van der Waals surface area (Å²) in [7, 11) is 0. The Morgan fingerprint density at radius 1 is 1.23 bits per heavy atom. The molecule has 0 aliphatic carbocycles. The van der Waals surface area contributed by atoms with Crippen LogP contribution in [0, 0.1) is 11.3 Å². The molecule has 0 radical (unpaired) electrons. The van der Waals surface area contributed by atoms with E-state index in [2.05, 4.69) is 6.07 Å². The van der Waals surface area contributed by atoms with Gasteiger partial charge in [-0.05, 0) is 29.8 Å². The van der Waals surface area contributed by atoms with Crippen molar-refractivity contribution in [2.24, 2.45) is 0 Å². The van der Waals surface area contributed by atoms with Crippen LogP contribution < -0.4 is 4.74 Å². The van der Waals surface area contributed by atoms with Crippen molar-refractivity contribution in [1.29, 1.82) is 5.26 Å². The fraction of sp³-hybridized carbons (Fsp3) is 0.176. The first-order valence-electron chi connectivity index (χ1n) is 6.69. The van der Waals surface area contributed by atoms with Gasteiger partial charge < -0.3 is 4.74 Å². The van der Waals surface area contributed by atoms with Gasteiger partial charge in [-0.2, -0.15) is 5.26 Å². The number of benzene rings is 2. The average Bonchev–Trinajstić information content (AvgIpc) is 2.53. The maximum atomic E-state index is 12.0. The van der Waals surface area contributed by atoms with Gasteiger partial charge in [-0.15, -0.1) is 0 Å². The molecule has 0 aliphatic rings. The van der Waals surface area contributed by atoms with Crippen LogP contribution in [0.2, 0.25) is 10.0 Å². The minimum Gasteiger partial charge on any atom is -0.487 e. The quantitative estimate of drug-likeness (QED) is 0.720. The van der Waals surface area contributed by atoms with Crippen molar-refractivity contribution >= 4 is 29.0 Å². The Balaban J connectivity index is 2.25. The third-order valence-corrected chi connectivity index (χ3v) is 3.60. The van der Waals surface area contributed by atoms with Gasteiger partial charge in [-0.1, -0.05) is 42.3 Å². The van der Waals surface area contributed by atoms with Crippen LogP contribution in [0.25, 0.3) is 0 Å². The second-order valence-corrected chi connectivity index (χ2v) is 5.48. The van der Waals surface area contributed by atoms with E-state index in [1.165, 1.54) is 0 Å². The number of nitriles is 1. The van der Waals surface area contributed by atoms with Gasteiger partial charge in [0.2, 0.25) is 0 Å². The van der Waals surface area contributed by atoms with E-state index in [0.717, 1.165) is 5.56 Å². The van der Waals surface area contributed by atoms with E-state index < -0.39 is 0 Å². The lowest BCUT2D eigenvalue weighted by molar-refractivity contribution is 0.0983. The summed E-state index contributed by atoms with van der Waals surface area (Å²) in [5.74, 6) is 0.251. The van der Waals surface area contributed by atoms with Crippen LogP contribution in [0.15, 0.2) is 36.4 Å². The van der Waals surface area contributed by atoms with E-state index in [0.29, 0.717) is 33.3 Å². The summed E-state index contributed by atoms with van der Waals surface area (Å²) >= 11 is 12.1. The van der Waals surface area contributed by atoms with E-state index in [1.807, 2.05) is 0 Å². The molecule has 112 valence electrons. The van der Waals surface area contributed by atoms with Crippen LogP contribution in [0.4, 0.5) is 0 Å².